The first-order valence-electron chi connectivity index (χ1n) is 12.1. The van der Waals surface area contributed by atoms with Gasteiger partial charge in [0.2, 0.25) is 5.91 Å². The van der Waals surface area contributed by atoms with Crippen molar-refractivity contribution in [2.45, 2.75) is 78.7 Å². The maximum absolute atomic E-state index is 13.3. The van der Waals surface area contributed by atoms with Crippen molar-refractivity contribution in [3.05, 3.63) is 42.0 Å². The summed E-state index contributed by atoms with van der Waals surface area (Å²) in [6.07, 6.45) is 9.87. The molecule has 1 aromatic rings. The number of benzene rings is 1. The van der Waals surface area contributed by atoms with Crippen LogP contribution in [0.2, 0.25) is 0 Å². The van der Waals surface area contributed by atoms with Crippen molar-refractivity contribution in [3.8, 4) is 0 Å². The molecule has 1 aromatic carbocycles. The Morgan fingerprint density at radius 2 is 1.75 bits per heavy atom. The molecule has 1 amide bonds. The summed E-state index contributed by atoms with van der Waals surface area (Å²) in [6, 6.07) is 10.0. The standard InChI is InChI=1S/C27H42N2O3/c1-20(2)19-28-29-25(30)24(18-22-14-9-10-15-22)23(26(31)32-27(3,4)5)17-11-16-21-12-7-6-8-13-21/h6-8,11-13,16,20,22-24,28H,9-10,14-15,17-19H2,1-5H3,(H,29,30)/t23-,24?/m0/s1. The molecule has 0 aliphatic heterocycles. The number of hydrogen-bond donors (Lipinski definition) is 2. The van der Waals surface area contributed by atoms with E-state index in [4.69, 9.17) is 4.74 Å². The number of amides is 1. The zero-order chi connectivity index (χ0) is 23.6. The average Bonchev–Trinajstić information content (AvgIpc) is 3.22. The van der Waals surface area contributed by atoms with Crippen LogP contribution in [0.4, 0.5) is 0 Å². The van der Waals surface area contributed by atoms with Crippen LogP contribution in [-0.2, 0) is 14.3 Å². The van der Waals surface area contributed by atoms with E-state index in [1.165, 1.54) is 12.8 Å². The van der Waals surface area contributed by atoms with E-state index in [0.29, 0.717) is 24.8 Å². The second kappa shape index (κ2) is 12.8. The number of hydrogen-bond acceptors (Lipinski definition) is 4. The van der Waals surface area contributed by atoms with Crippen LogP contribution in [0.15, 0.2) is 36.4 Å². The normalized spacial score (nSPS) is 16.9. The van der Waals surface area contributed by atoms with Crippen LogP contribution >= 0.6 is 0 Å². The van der Waals surface area contributed by atoms with Gasteiger partial charge in [0.25, 0.3) is 0 Å². The highest BCUT2D eigenvalue weighted by molar-refractivity contribution is 5.85. The Morgan fingerprint density at radius 3 is 2.34 bits per heavy atom. The second-order valence-electron chi connectivity index (χ2n) is 10.4. The fourth-order valence-electron chi connectivity index (χ4n) is 4.21. The van der Waals surface area contributed by atoms with Gasteiger partial charge < -0.3 is 4.74 Å². The third-order valence-electron chi connectivity index (χ3n) is 5.82. The first kappa shape index (κ1) is 26.1. The summed E-state index contributed by atoms with van der Waals surface area (Å²) >= 11 is 0. The van der Waals surface area contributed by atoms with Crippen LogP contribution in [0.5, 0.6) is 0 Å². The number of allylic oxidation sites excluding steroid dienone is 1. The number of ether oxygens (including phenoxy) is 1. The molecule has 32 heavy (non-hydrogen) atoms. The number of esters is 1. The van der Waals surface area contributed by atoms with Crippen molar-refractivity contribution in [3.63, 3.8) is 0 Å². The van der Waals surface area contributed by atoms with Crippen molar-refractivity contribution in [2.75, 3.05) is 6.54 Å². The number of rotatable bonds is 11. The lowest BCUT2D eigenvalue weighted by molar-refractivity contribution is -0.164. The molecule has 5 heteroatoms. The molecule has 178 valence electrons. The molecule has 0 saturated heterocycles. The van der Waals surface area contributed by atoms with Crippen LogP contribution in [0.3, 0.4) is 0 Å². The Labute approximate surface area is 194 Å². The van der Waals surface area contributed by atoms with E-state index in [1.807, 2.05) is 63.3 Å². The molecule has 1 aliphatic rings. The molecule has 5 nitrogen and oxygen atoms in total. The van der Waals surface area contributed by atoms with Crippen molar-refractivity contribution >= 4 is 18.0 Å². The highest BCUT2D eigenvalue weighted by atomic mass is 16.6. The topological polar surface area (TPSA) is 67.4 Å². The fourth-order valence-corrected chi connectivity index (χ4v) is 4.21. The van der Waals surface area contributed by atoms with Crippen LogP contribution in [0, 0.1) is 23.7 Å². The van der Waals surface area contributed by atoms with Crippen molar-refractivity contribution in [1.29, 1.82) is 0 Å². The first-order chi connectivity index (χ1) is 15.2. The van der Waals surface area contributed by atoms with Gasteiger partial charge in [-0.2, -0.15) is 0 Å². The summed E-state index contributed by atoms with van der Waals surface area (Å²) in [5, 5.41) is 0. The lowest BCUT2D eigenvalue weighted by Crippen LogP contribution is -2.47. The van der Waals surface area contributed by atoms with Crippen LogP contribution in [0.25, 0.3) is 6.08 Å². The van der Waals surface area contributed by atoms with E-state index in [0.717, 1.165) is 24.8 Å². The molecule has 0 bridgehead atoms. The van der Waals surface area contributed by atoms with E-state index >= 15 is 0 Å². The summed E-state index contributed by atoms with van der Waals surface area (Å²) < 4.78 is 5.77. The van der Waals surface area contributed by atoms with Crippen LogP contribution < -0.4 is 10.9 Å². The van der Waals surface area contributed by atoms with Gasteiger partial charge in [0.05, 0.1) is 11.8 Å². The van der Waals surface area contributed by atoms with Gasteiger partial charge in [-0.15, -0.1) is 0 Å². The molecular weight excluding hydrogens is 400 g/mol. The third-order valence-corrected chi connectivity index (χ3v) is 5.82. The quantitative estimate of drug-likeness (QED) is 0.350. The van der Waals surface area contributed by atoms with Crippen LogP contribution in [-0.4, -0.2) is 24.0 Å². The first-order valence-corrected chi connectivity index (χ1v) is 12.1. The minimum atomic E-state index is -0.594. The summed E-state index contributed by atoms with van der Waals surface area (Å²) in [5.74, 6) is -0.444. The minimum Gasteiger partial charge on any atom is -0.460 e. The maximum Gasteiger partial charge on any atom is 0.310 e. The van der Waals surface area contributed by atoms with Crippen molar-refractivity contribution in [1.82, 2.24) is 10.9 Å². The van der Waals surface area contributed by atoms with E-state index < -0.39 is 17.4 Å². The summed E-state index contributed by atoms with van der Waals surface area (Å²) in [4.78, 5) is 26.5. The Morgan fingerprint density at radius 1 is 1.09 bits per heavy atom. The van der Waals surface area contributed by atoms with E-state index in [-0.39, 0.29) is 11.9 Å². The van der Waals surface area contributed by atoms with Crippen molar-refractivity contribution < 1.29 is 14.3 Å². The number of carbonyl (C=O) groups excluding carboxylic acids is 2. The highest BCUT2D eigenvalue weighted by Gasteiger charge is 2.37. The molecule has 2 rings (SSSR count). The third kappa shape index (κ3) is 9.56. The second-order valence-corrected chi connectivity index (χ2v) is 10.4. The van der Waals surface area contributed by atoms with Gasteiger partial charge in [0.1, 0.15) is 5.60 Å². The Balaban J connectivity index is 2.22. The zero-order valence-corrected chi connectivity index (χ0v) is 20.5. The van der Waals surface area contributed by atoms with Crippen LogP contribution in [0.1, 0.15) is 78.7 Å². The zero-order valence-electron chi connectivity index (χ0n) is 20.5. The number of carbonyl (C=O) groups is 2. The van der Waals surface area contributed by atoms with Gasteiger partial charge in [-0.3, -0.25) is 15.0 Å². The largest absolute Gasteiger partial charge is 0.460 e. The SMILES string of the molecule is CC(C)CNNC(=O)C(CC1CCCC1)[C@H](CC=Cc1ccccc1)C(=O)OC(C)(C)C. The fraction of sp³-hybridized carbons (Fsp3) is 0.630. The average molecular weight is 443 g/mol. The molecular formula is C27H42N2O3. The molecule has 0 radical (unpaired) electrons. The van der Waals surface area contributed by atoms with Gasteiger partial charge in [0, 0.05) is 6.54 Å². The number of nitrogens with one attached hydrogen (secondary N) is 2. The monoisotopic (exact) mass is 442 g/mol. The van der Waals surface area contributed by atoms with E-state index in [9.17, 15) is 9.59 Å². The van der Waals surface area contributed by atoms with Gasteiger partial charge in [-0.1, -0.05) is 82.0 Å². The lowest BCUT2D eigenvalue weighted by Gasteiger charge is -2.29. The lowest BCUT2D eigenvalue weighted by atomic mass is 9.81. The molecule has 1 saturated carbocycles. The highest BCUT2D eigenvalue weighted by Crippen LogP contribution is 2.35. The molecule has 0 aromatic heterocycles. The molecule has 0 spiro atoms. The molecule has 1 unspecified atom stereocenters. The maximum atomic E-state index is 13.3. The predicted molar refractivity (Wildman–Crippen MR) is 130 cm³/mol. The predicted octanol–water partition coefficient (Wildman–Crippen LogP) is 5.52. The molecule has 1 fully saturated rings. The van der Waals surface area contributed by atoms with Gasteiger partial charge in [0.15, 0.2) is 0 Å². The van der Waals surface area contributed by atoms with Gasteiger partial charge in [-0.05, 0) is 51.0 Å². The Bertz CT molecular complexity index is 731. The van der Waals surface area contributed by atoms with Gasteiger partial charge >= 0.3 is 5.97 Å². The van der Waals surface area contributed by atoms with E-state index in [2.05, 4.69) is 24.7 Å². The van der Waals surface area contributed by atoms with Crippen molar-refractivity contribution in [2.24, 2.45) is 23.7 Å². The van der Waals surface area contributed by atoms with E-state index in [1.54, 1.807) is 0 Å². The molecule has 2 N–H and O–H groups in total. The number of hydrazine groups is 1. The smallest absolute Gasteiger partial charge is 0.310 e. The minimum absolute atomic E-state index is 0.110. The molecule has 1 aliphatic carbocycles. The Hall–Kier alpha value is -2.14. The summed E-state index contributed by atoms with van der Waals surface area (Å²) in [6.45, 7) is 10.5. The summed E-state index contributed by atoms with van der Waals surface area (Å²) in [7, 11) is 0. The molecule has 2 atom stereocenters. The Kier molecular flexibility index (Phi) is 10.4. The summed E-state index contributed by atoms with van der Waals surface area (Å²) in [5.41, 5.74) is 6.40. The molecule has 0 heterocycles. The van der Waals surface area contributed by atoms with Gasteiger partial charge in [-0.25, -0.2) is 5.43 Å².